The number of pyridine rings is 2. The third-order valence-electron chi connectivity index (χ3n) is 5.02. The van der Waals surface area contributed by atoms with E-state index in [1.807, 2.05) is 43.7 Å². The first-order valence-corrected chi connectivity index (χ1v) is 9.58. The summed E-state index contributed by atoms with van der Waals surface area (Å²) in [5.41, 5.74) is 5.99. The Hall–Kier alpha value is -3.48. The fourth-order valence-corrected chi connectivity index (χ4v) is 3.60. The van der Waals surface area contributed by atoms with E-state index in [-0.39, 0.29) is 11.9 Å². The quantitative estimate of drug-likeness (QED) is 0.488. The number of hydrogen-bond donors (Lipinski definition) is 2. The first-order valence-electron chi connectivity index (χ1n) is 9.58. The van der Waals surface area contributed by atoms with Crippen molar-refractivity contribution >= 4 is 22.4 Å². The van der Waals surface area contributed by atoms with Crippen molar-refractivity contribution < 1.29 is 5.11 Å². The monoisotopic (exact) mass is 388 g/mol. The fraction of sp³-hybridized carbons (Fsp3) is 0.273. The van der Waals surface area contributed by atoms with E-state index in [2.05, 4.69) is 38.9 Å². The van der Waals surface area contributed by atoms with E-state index in [1.54, 1.807) is 18.6 Å². The normalized spacial score (nSPS) is 12.3. The number of aromatic nitrogens is 5. The van der Waals surface area contributed by atoms with Crippen molar-refractivity contribution in [3.8, 4) is 17.1 Å². The van der Waals surface area contributed by atoms with Crippen LogP contribution in [0, 0.1) is 13.8 Å². The Morgan fingerprint density at radius 3 is 2.69 bits per heavy atom. The largest absolute Gasteiger partial charge is 0.494 e. The second kappa shape index (κ2) is 7.16. The highest BCUT2D eigenvalue weighted by molar-refractivity contribution is 6.13. The molecule has 4 aromatic rings. The second-order valence-corrected chi connectivity index (χ2v) is 7.53. The number of fused-ring (bicyclic) bond motifs is 1. The van der Waals surface area contributed by atoms with E-state index in [0.717, 1.165) is 33.4 Å². The van der Waals surface area contributed by atoms with Gasteiger partial charge in [-0.25, -0.2) is 4.99 Å². The minimum atomic E-state index is 0.0723. The van der Waals surface area contributed by atoms with Crippen LogP contribution < -0.4 is 0 Å². The van der Waals surface area contributed by atoms with Crippen molar-refractivity contribution in [3.05, 3.63) is 53.6 Å². The van der Waals surface area contributed by atoms with Gasteiger partial charge in [0.2, 0.25) is 0 Å². The average Bonchev–Trinajstić information content (AvgIpc) is 3.20. The molecule has 0 aliphatic heterocycles. The third-order valence-corrected chi connectivity index (χ3v) is 5.02. The summed E-state index contributed by atoms with van der Waals surface area (Å²) >= 11 is 0. The number of H-pyrrole nitrogens is 1. The summed E-state index contributed by atoms with van der Waals surface area (Å²) in [7, 11) is 0. The lowest BCUT2D eigenvalue weighted by Crippen LogP contribution is -2.04. The average molecular weight is 388 g/mol. The molecule has 4 heterocycles. The van der Waals surface area contributed by atoms with E-state index in [4.69, 9.17) is 0 Å². The number of aromatic amines is 1. The topological polar surface area (TPSA) is 92.0 Å². The van der Waals surface area contributed by atoms with Gasteiger partial charge in [-0.2, -0.15) is 5.10 Å². The maximum Gasteiger partial charge on any atom is 0.198 e. The molecule has 0 saturated carbocycles. The van der Waals surface area contributed by atoms with Gasteiger partial charge in [0.1, 0.15) is 0 Å². The predicted octanol–water partition coefficient (Wildman–Crippen LogP) is 4.87. The van der Waals surface area contributed by atoms with Gasteiger partial charge in [0.15, 0.2) is 11.7 Å². The summed E-state index contributed by atoms with van der Waals surface area (Å²) in [6, 6.07) is 6.12. The fourth-order valence-electron chi connectivity index (χ4n) is 3.60. The van der Waals surface area contributed by atoms with Gasteiger partial charge >= 0.3 is 0 Å². The van der Waals surface area contributed by atoms with Crippen LogP contribution in [0.25, 0.3) is 22.2 Å². The Bertz CT molecular complexity index is 1230. The lowest BCUT2D eigenvalue weighted by atomic mass is 10.0. The summed E-state index contributed by atoms with van der Waals surface area (Å²) in [5, 5.41) is 16.0. The zero-order valence-corrected chi connectivity index (χ0v) is 17.2. The number of nitrogens with one attached hydrogen (secondary N) is 1. The number of nitrogens with zero attached hydrogens (tertiary/aromatic N) is 5. The molecule has 29 heavy (non-hydrogen) atoms. The highest BCUT2D eigenvalue weighted by Gasteiger charge is 2.17. The van der Waals surface area contributed by atoms with Gasteiger partial charge in [-0.15, -0.1) is 0 Å². The van der Waals surface area contributed by atoms with Crippen LogP contribution in [0.2, 0.25) is 0 Å². The molecule has 148 valence electrons. The Morgan fingerprint density at radius 1 is 1.21 bits per heavy atom. The molecule has 0 aliphatic carbocycles. The highest BCUT2D eigenvalue weighted by Crippen LogP contribution is 2.32. The highest BCUT2D eigenvalue weighted by atomic mass is 16.3. The number of aromatic hydroxyl groups is 1. The molecule has 0 radical (unpaired) electrons. The smallest absolute Gasteiger partial charge is 0.198 e. The van der Waals surface area contributed by atoms with Crippen LogP contribution in [-0.2, 0) is 0 Å². The molecule has 0 spiro atoms. The maximum absolute atomic E-state index is 10.5. The second-order valence-electron chi connectivity index (χ2n) is 7.53. The predicted molar refractivity (Wildman–Crippen MR) is 115 cm³/mol. The van der Waals surface area contributed by atoms with E-state index in [1.165, 1.54) is 0 Å². The molecule has 0 amide bonds. The van der Waals surface area contributed by atoms with Crippen molar-refractivity contribution in [1.82, 2.24) is 24.7 Å². The van der Waals surface area contributed by atoms with Gasteiger partial charge in [0.25, 0.3) is 0 Å². The van der Waals surface area contributed by atoms with Crippen molar-refractivity contribution in [1.29, 1.82) is 0 Å². The zero-order valence-electron chi connectivity index (χ0n) is 17.2. The summed E-state index contributed by atoms with van der Waals surface area (Å²) in [6.45, 7) is 10.1. The van der Waals surface area contributed by atoms with Crippen molar-refractivity contribution in [2.75, 3.05) is 0 Å². The molecule has 0 atom stereocenters. The Labute approximate surface area is 169 Å². The Kier molecular flexibility index (Phi) is 4.66. The molecule has 0 unspecified atom stereocenters. The minimum absolute atomic E-state index is 0.0723. The van der Waals surface area contributed by atoms with E-state index < -0.39 is 0 Å². The molecule has 0 bridgehead atoms. The van der Waals surface area contributed by atoms with Gasteiger partial charge < -0.3 is 10.1 Å². The third kappa shape index (κ3) is 3.40. The molecule has 2 N–H and O–H groups in total. The summed E-state index contributed by atoms with van der Waals surface area (Å²) < 4.78 is 1.94. The number of hydrogen-bond acceptors (Lipinski definition) is 5. The van der Waals surface area contributed by atoms with Crippen molar-refractivity contribution in [2.45, 2.75) is 40.7 Å². The number of rotatable bonds is 4. The molecule has 0 aliphatic rings. The maximum atomic E-state index is 10.5. The molecule has 4 rings (SSSR count). The first-order chi connectivity index (χ1) is 13.8. The summed E-state index contributed by atoms with van der Waals surface area (Å²) in [6.07, 6.45) is 5.29. The molecule has 0 saturated heterocycles. The zero-order chi connectivity index (χ0) is 20.7. The molecule has 4 aromatic heterocycles. The van der Waals surface area contributed by atoms with E-state index in [0.29, 0.717) is 17.1 Å². The van der Waals surface area contributed by atoms with Gasteiger partial charge in [-0.3, -0.25) is 14.6 Å². The van der Waals surface area contributed by atoms with Crippen molar-refractivity contribution in [2.24, 2.45) is 4.99 Å². The summed E-state index contributed by atoms with van der Waals surface area (Å²) in [5.74, 6) is 0.697. The minimum Gasteiger partial charge on any atom is -0.494 e. The molecule has 0 aromatic carbocycles. The standard InChI is InChI=1S/C22H24N6O/c1-12(2)28-14(4)8-20(27-28)25-15(5)21-16-9-18(17-10-23-7-6-13(17)3)24-11-19(16)26-22(21)29/h6-12,26,29H,1-5H3. The molecular formula is C22H24N6O. The van der Waals surface area contributed by atoms with Crippen LogP contribution in [0.4, 0.5) is 5.82 Å². The lowest BCUT2D eigenvalue weighted by molar-refractivity contribution is 0.457. The van der Waals surface area contributed by atoms with Crippen LogP contribution >= 0.6 is 0 Å². The molecule has 7 nitrogen and oxygen atoms in total. The summed E-state index contributed by atoms with van der Waals surface area (Å²) in [4.78, 5) is 16.4. The van der Waals surface area contributed by atoms with Crippen LogP contribution in [0.3, 0.4) is 0 Å². The Balaban J connectivity index is 1.82. The van der Waals surface area contributed by atoms with Crippen LogP contribution in [0.1, 0.15) is 43.6 Å². The van der Waals surface area contributed by atoms with Gasteiger partial charge in [0.05, 0.1) is 28.7 Å². The van der Waals surface area contributed by atoms with E-state index in [9.17, 15) is 5.11 Å². The van der Waals surface area contributed by atoms with Gasteiger partial charge in [-0.1, -0.05) is 0 Å². The first kappa shape index (κ1) is 18.9. The number of aliphatic imine (C=N–C) groups is 1. The van der Waals surface area contributed by atoms with Crippen molar-refractivity contribution in [3.63, 3.8) is 0 Å². The van der Waals surface area contributed by atoms with Crippen LogP contribution in [0.15, 0.2) is 41.8 Å². The van der Waals surface area contributed by atoms with Crippen LogP contribution in [0.5, 0.6) is 5.88 Å². The van der Waals surface area contributed by atoms with E-state index >= 15 is 0 Å². The molecule has 0 fully saturated rings. The van der Waals surface area contributed by atoms with Gasteiger partial charge in [-0.05, 0) is 52.3 Å². The molecular weight excluding hydrogens is 364 g/mol. The lowest BCUT2D eigenvalue weighted by Gasteiger charge is -2.06. The van der Waals surface area contributed by atoms with Crippen LogP contribution in [-0.4, -0.2) is 35.6 Å². The number of aryl methyl sites for hydroxylation is 2. The Morgan fingerprint density at radius 2 is 2.00 bits per heavy atom. The van der Waals surface area contributed by atoms with Gasteiger partial charge in [0, 0.05) is 41.1 Å². The molecule has 7 heteroatoms. The SMILES string of the molecule is CC(=Nc1cc(C)n(C(C)C)n1)c1c(O)[nH]c2cnc(-c3cnccc3C)cc12.